The summed E-state index contributed by atoms with van der Waals surface area (Å²) in [6, 6.07) is 4.46. The topological polar surface area (TPSA) is 71.0 Å². The first-order chi connectivity index (χ1) is 13.3. The molecule has 1 saturated heterocycles. The molecule has 1 aromatic heterocycles. The molecule has 1 aromatic carbocycles. The predicted molar refractivity (Wildman–Crippen MR) is 104 cm³/mol. The monoisotopic (exact) mass is 402 g/mol. The summed E-state index contributed by atoms with van der Waals surface area (Å²) in [7, 11) is 3.21. The second-order valence-corrected chi connectivity index (χ2v) is 7.20. The summed E-state index contributed by atoms with van der Waals surface area (Å²) in [4.78, 5) is 32.9. The Bertz CT molecular complexity index is 1060. The maximum Gasteiger partial charge on any atom is 0.407 e. The number of rotatable bonds is 3. The lowest BCUT2D eigenvalue weighted by Gasteiger charge is -2.32. The van der Waals surface area contributed by atoms with Gasteiger partial charge in [0.25, 0.3) is 5.91 Å². The third-order valence-corrected chi connectivity index (χ3v) is 5.72. The van der Waals surface area contributed by atoms with E-state index in [1.54, 1.807) is 33.2 Å². The molecule has 0 radical (unpaired) electrons. The molecule has 1 fully saturated rings. The standard InChI is InChI=1S/C19H21ClN5O3/c1-6-23-17(26)15-16(22(4)19(23)27)21-18-24(10(2)11(3)25(15)18)12-7-8-14(28-5)13(20)9-12/h7-9,15H,6H2,1-5H3/q+1. The fourth-order valence-electron chi connectivity index (χ4n) is 3.83. The molecule has 3 amide bonds. The average molecular weight is 403 g/mol. The van der Waals surface area contributed by atoms with Crippen LogP contribution >= 0.6 is 11.6 Å². The van der Waals surface area contributed by atoms with E-state index in [1.807, 2.05) is 29.0 Å². The number of halogens is 1. The van der Waals surface area contributed by atoms with Crippen LogP contribution in [0.5, 0.6) is 5.75 Å². The Morgan fingerprint density at radius 3 is 2.61 bits per heavy atom. The van der Waals surface area contributed by atoms with Crippen molar-refractivity contribution < 1.29 is 18.9 Å². The molecule has 9 heteroatoms. The average Bonchev–Trinajstić information content (AvgIpc) is 3.16. The van der Waals surface area contributed by atoms with Gasteiger partial charge in [-0.3, -0.25) is 14.6 Å². The quantitative estimate of drug-likeness (QED) is 0.741. The number of aromatic nitrogens is 2. The van der Waals surface area contributed by atoms with Gasteiger partial charge >= 0.3 is 12.0 Å². The number of hydrogen-bond donors (Lipinski definition) is 0. The van der Waals surface area contributed by atoms with Crippen LogP contribution in [-0.2, 0) is 4.79 Å². The van der Waals surface area contributed by atoms with Gasteiger partial charge in [-0.1, -0.05) is 16.6 Å². The van der Waals surface area contributed by atoms with Crippen molar-refractivity contribution in [3.63, 3.8) is 0 Å². The Kier molecular flexibility index (Phi) is 4.19. The molecule has 4 rings (SSSR count). The van der Waals surface area contributed by atoms with Crippen LogP contribution in [0.4, 0.5) is 10.7 Å². The minimum atomic E-state index is -0.647. The summed E-state index contributed by atoms with van der Waals surface area (Å²) in [5.41, 5.74) is 2.64. The number of amides is 3. The fraction of sp³-hybridized carbons (Fsp3) is 0.368. The van der Waals surface area contributed by atoms with Crippen molar-refractivity contribution in [3.05, 3.63) is 34.6 Å². The zero-order chi connectivity index (χ0) is 20.3. The second kappa shape index (κ2) is 6.34. The van der Waals surface area contributed by atoms with Crippen LogP contribution in [0, 0.1) is 13.8 Å². The van der Waals surface area contributed by atoms with E-state index in [1.165, 1.54) is 9.80 Å². The van der Waals surface area contributed by atoms with Crippen molar-refractivity contribution in [2.24, 2.45) is 4.99 Å². The number of amidine groups is 1. The van der Waals surface area contributed by atoms with Gasteiger partial charge in [-0.05, 0) is 39.0 Å². The third kappa shape index (κ3) is 2.30. The van der Waals surface area contributed by atoms with Gasteiger partial charge in [-0.2, -0.15) is 4.57 Å². The molecule has 0 aliphatic carbocycles. The number of benzene rings is 1. The van der Waals surface area contributed by atoms with Gasteiger partial charge in [0.1, 0.15) is 22.8 Å². The number of urea groups is 1. The molecule has 2 aliphatic rings. The highest BCUT2D eigenvalue weighted by Gasteiger charge is 2.53. The molecule has 3 heterocycles. The zero-order valence-electron chi connectivity index (χ0n) is 16.4. The zero-order valence-corrected chi connectivity index (χ0v) is 17.1. The van der Waals surface area contributed by atoms with Gasteiger partial charge in [0.2, 0.25) is 11.9 Å². The molecular formula is C19H21ClN5O3+. The second-order valence-electron chi connectivity index (χ2n) is 6.79. The number of methoxy groups -OCH3 is 1. The van der Waals surface area contributed by atoms with E-state index < -0.39 is 6.04 Å². The summed E-state index contributed by atoms with van der Waals surface area (Å²) in [6.45, 7) is 6.01. The van der Waals surface area contributed by atoms with E-state index in [0.717, 1.165) is 17.1 Å². The number of imide groups is 1. The number of hydrogen-bond acceptors (Lipinski definition) is 4. The molecule has 0 N–H and O–H groups in total. The smallest absolute Gasteiger partial charge is 0.407 e. The molecule has 2 aromatic rings. The Morgan fingerprint density at radius 2 is 2.00 bits per heavy atom. The van der Waals surface area contributed by atoms with Gasteiger partial charge in [0, 0.05) is 13.6 Å². The fourth-order valence-corrected chi connectivity index (χ4v) is 4.08. The van der Waals surface area contributed by atoms with Crippen molar-refractivity contribution in [2.45, 2.75) is 26.8 Å². The lowest BCUT2D eigenvalue weighted by Crippen LogP contribution is -2.63. The van der Waals surface area contributed by atoms with Crippen LogP contribution in [0.1, 0.15) is 24.4 Å². The maximum absolute atomic E-state index is 13.0. The van der Waals surface area contributed by atoms with Gasteiger partial charge in [0.15, 0.2) is 0 Å². The van der Waals surface area contributed by atoms with E-state index in [0.29, 0.717) is 29.1 Å². The highest BCUT2D eigenvalue weighted by atomic mass is 35.5. The molecule has 1 atom stereocenters. The summed E-state index contributed by atoms with van der Waals surface area (Å²) in [5, 5.41) is 0.480. The SMILES string of the molecule is CCN1C(=O)C2C(=Nc3n(-c4ccc(OC)c(Cl)c4)c(C)c(C)[n+]32)N(C)C1=O. The lowest BCUT2D eigenvalue weighted by molar-refractivity contribution is -0.682. The molecule has 0 spiro atoms. The molecule has 146 valence electrons. The third-order valence-electron chi connectivity index (χ3n) is 5.42. The number of nitrogens with zero attached hydrogens (tertiary/aromatic N) is 5. The first-order valence-corrected chi connectivity index (χ1v) is 9.34. The van der Waals surface area contributed by atoms with Crippen molar-refractivity contribution in [2.75, 3.05) is 20.7 Å². The summed E-state index contributed by atoms with van der Waals surface area (Å²) < 4.78 is 9.06. The molecule has 0 bridgehead atoms. The van der Waals surface area contributed by atoms with Crippen LogP contribution in [-0.4, -0.2) is 52.8 Å². The number of likely N-dealkylation sites (N-methyl/N-ethyl adjacent to an activating group) is 2. The Hall–Kier alpha value is -2.87. The molecule has 28 heavy (non-hydrogen) atoms. The largest absolute Gasteiger partial charge is 0.495 e. The number of carbonyl (C=O) groups excluding carboxylic acids is 2. The van der Waals surface area contributed by atoms with Crippen LogP contribution in [0.2, 0.25) is 5.02 Å². The van der Waals surface area contributed by atoms with Crippen LogP contribution in [0.3, 0.4) is 0 Å². The Morgan fingerprint density at radius 1 is 1.29 bits per heavy atom. The number of fused-ring (bicyclic) bond motifs is 3. The first-order valence-electron chi connectivity index (χ1n) is 8.96. The van der Waals surface area contributed by atoms with Crippen molar-refractivity contribution >= 4 is 35.3 Å². The molecule has 1 unspecified atom stereocenters. The van der Waals surface area contributed by atoms with E-state index in [2.05, 4.69) is 4.99 Å². The van der Waals surface area contributed by atoms with Gasteiger partial charge in [-0.25, -0.2) is 9.36 Å². The number of imidazole rings is 1. The van der Waals surface area contributed by atoms with Crippen molar-refractivity contribution in [1.29, 1.82) is 0 Å². The van der Waals surface area contributed by atoms with E-state index in [9.17, 15) is 9.59 Å². The summed E-state index contributed by atoms with van der Waals surface area (Å²) in [5.74, 6) is 1.34. The lowest BCUT2D eigenvalue weighted by atomic mass is 10.1. The Labute approximate surface area is 167 Å². The van der Waals surface area contributed by atoms with E-state index in [-0.39, 0.29) is 11.9 Å². The molecule has 0 saturated carbocycles. The van der Waals surface area contributed by atoms with Crippen LogP contribution in [0.15, 0.2) is 23.2 Å². The van der Waals surface area contributed by atoms with Crippen molar-refractivity contribution in [1.82, 2.24) is 14.4 Å². The normalized spacial score (nSPS) is 18.4. The maximum atomic E-state index is 13.0. The molecule has 2 aliphatic heterocycles. The van der Waals surface area contributed by atoms with Gasteiger partial charge in [-0.15, -0.1) is 0 Å². The summed E-state index contributed by atoms with van der Waals surface area (Å²) >= 11 is 6.32. The molecular weight excluding hydrogens is 382 g/mol. The first kappa shape index (κ1) is 18.5. The van der Waals surface area contributed by atoms with Crippen LogP contribution in [0.25, 0.3) is 5.69 Å². The van der Waals surface area contributed by atoms with E-state index in [4.69, 9.17) is 16.3 Å². The van der Waals surface area contributed by atoms with Crippen molar-refractivity contribution in [3.8, 4) is 11.4 Å². The highest BCUT2D eigenvalue weighted by molar-refractivity contribution is 6.32. The summed E-state index contributed by atoms with van der Waals surface area (Å²) in [6.07, 6.45) is 0. The van der Waals surface area contributed by atoms with Crippen LogP contribution < -0.4 is 9.30 Å². The Balaban J connectivity index is 1.93. The minimum absolute atomic E-state index is 0.263. The van der Waals surface area contributed by atoms with Gasteiger partial charge < -0.3 is 4.74 Å². The van der Waals surface area contributed by atoms with E-state index >= 15 is 0 Å². The number of carbonyl (C=O) groups is 2. The minimum Gasteiger partial charge on any atom is -0.495 e. The van der Waals surface area contributed by atoms with Gasteiger partial charge in [0.05, 0.1) is 12.1 Å². The highest BCUT2D eigenvalue weighted by Crippen LogP contribution is 2.34. The molecule has 8 nitrogen and oxygen atoms in total. The number of ether oxygens (including phenoxy) is 1. The predicted octanol–water partition coefficient (Wildman–Crippen LogP) is 2.54. The number of aliphatic imine (C=N–C) groups is 1.